The number of likely N-dealkylation sites (tertiary alicyclic amines) is 1. The van der Waals surface area contributed by atoms with Crippen molar-refractivity contribution in [2.24, 2.45) is 5.92 Å². The molecule has 3 rings (SSSR count). The van der Waals surface area contributed by atoms with E-state index >= 15 is 0 Å². The summed E-state index contributed by atoms with van der Waals surface area (Å²) in [5, 5.41) is 0. The predicted molar refractivity (Wildman–Crippen MR) is 111 cm³/mol. The molecule has 1 saturated heterocycles. The van der Waals surface area contributed by atoms with Gasteiger partial charge in [-0.1, -0.05) is 35.9 Å². The zero-order valence-corrected chi connectivity index (χ0v) is 17.4. The number of rotatable bonds is 8. The molecule has 0 aliphatic carbocycles. The second-order valence-corrected chi connectivity index (χ2v) is 7.58. The molecule has 0 radical (unpaired) electrons. The van der Waals surface area contributed by atoms with Gasteiger partial charge in [0.25, 0.3) is 0 Å². The maximum absolute atomic E-state index is 13.3. The molecule has 6 nitrogen and oxygen atoms in total. The van der Waals surface area contributed by atoms with Crippen molar-refractivity contribution in [3.05, 3.63) is 65.5 Å². The minimum absolute atomic E-state index is 0.000652. The van der Waals surface area contributed by atoms with Gasteiger partial charge in [0, 0.05) is 52.0 Å². The van der Waals surface area contributed by atoms with Gasteiger partial charge in [0.2, 0.25) is 11.8 Å². The standard InChI is InChI=1S/C23H29N3O3/c1-17-7-6-8-18(15-17)22-20(16-21(27)26(22)13-14-29-3)23(28)25(2)12-10-19-9-4-5-11-24-19/h4-9,11,15,20,22H,10,12-14,16H2,1-3H3/t20-,22+/m1/s1. The van der Waals surface area contributed by atoms with Crippen LogP contribution >= 0.6 is 0 Å². The van der Waals surface area contributed by atoms with Crippen LogP contribution < -0.4 is 0 Å². The number of hydrogen-bond acceptors (Lipinski definition) is 4. The Morgan fingerprint density at radius 2 is 2.10 bits per heavy atom. The van der Waals surface area contributed by atoms with Crippen LogP contribution in [0.1, 0.15) is 29.3 Å². The van der Waals surface area contributed by atoms with E-state index in [1.807, 2.05) is 43.3 Å². The average Bonchev–Trinajstić information content (AvgIpc) is 3.06. The van der Waals surface area contributed by atoms with E-state index < -0.39 is 5.92 Å². The average molecular weight is 396 g/mol. The van der Waals surface area contributed by atoms with Crippen molar-refractivity contribution in [2.75, 3.05) is 33.9 Å². The smallest absolute Gasteiger partial charge is 0.228 e. The first kappa shape index (κ1) is 21.0. The number of likely N-dealkylation sites (N-methyl/N-ethyl adjacent to an activating group) is 1. The number of aryl methyl sites for hydroxylation is 1. The molecule has 0 bridgehead atoms. The molecule has 2 heterocycles. The lowest BCUT2D eigenvalue weighted by Crippen LogP contribution is -2.38. The normalized spacial score (nSPS) is 18.9. The molecular formula is C23H29N3O3. The lowest BCUT2D eigenvalue weighted by atomic mass is 9.91. The van der Waals surface area contributed by atoms with E-state index in [4.69, 9.17) is 4.74 Å². The second kappa shape index (κ2) is 9.65. The van der Waals surface area contributed by atoms with Crippen molar-refractivity contribution in [3.63, 3.8) is 0 Å². The first-order valence-corrected chi connectivity index (χ1v) is 10.0. The molecule has 6 heteroatoms. The summed E-state index contributed by atoms with van der Waals surface area (Å²) in [6.45, 7) is 3.52. The van der Waals surface area contributed by atoms with Crippen LogP contribution in [-0.2, 0) is 20.7 Å². The highest BCUT2D eigenvalue weighted by Gasteiger charge is 2.45. The van der Waals surface area contributed by atoms with Gasteiger partial charge in [-0.2, -0.15) is 0 Å². The SMILES string of the molecule is COCCN1C(=O)C[C@@H](C(=O)N(C)CCc2ccccn2)[C@@H]1c1cccc(C)c1. The summed E-state index contributed by atoms with van der Waals surface area (Å²) < 4.78 is 5.19. The van der Waals surface area contributed by atoms with Gasteiger partial charge in [-0.25, -0.2) is 0 Å². The van der Waals surface area contributed by atoms with Crippen LogP contribution in [0, 0.1) is 12.8 Å². The zero-order valence-electron chi connectivity index (χ0n) is 17.4. The summed E-state index contributed by atoms with van der Waals surface area (Å²) in [4.78, 5) is 33.9. The number of aromatic nitrogens is 1. The topological polar surface area (TPSA) is 62.7 Å². The first-order chi connectivity index (χ1) is 14.0. The van der Waals surface area contributed by atoms with Crippen molar-refractivity contribution < 1.29 is 14.3 Å². The first-order valence-electron chi connectivity index (χ1n) is 10.0. The van der Waals surface area contributed by atoms with E-state index in [1.54, 1.807) is 30.2 Å². The van der Waals surface area contributed by atoms with E-state index in [1.165, 1.54) is 0 Å². The van der Waals surface area contributed by atoms with Crippen molar-refractivity contribution in [3.8, 4) is 0 Å². The summed E-state index contributed by atoms with van der Waals surface area (Å²) in [6, 6.07) is 13.6. The molecule has 1 fully saturated rings. The molecule has 0 N–H and O–H groups in total. The van der Waals surface area contributed by atoms with Crippen LogP contribution in [0.3, 0.4) is 0 Å². The Balaban J connectivity index is 1.79. The molecular weight excluding hydrogens is 366 g/mol. The Morgan fingerprint density at radius 3 is 2.79 bits per heavy atom. The summed E-state index contributed by atoms with van der Waals surface area (Å²) >= 11 is 0. The number of amides is 2. The largest absolute Gasteiger partial charge is 0.383 e. The van der Waals surface area contributed by atoms with E-state index in [9.17, 15) is 9.59 Å². The third-order valence-electron chi connectivity index (χ3n) is 5.47. The summed E-state index contributed by atoms with van der Waals surface area (Å²) in [5.74, 6) is -0.388. The lowest BCUT2D eigenvalue weighted by molar-refractivity contribution is -0.135. The predicted octanol–water partition coefficient (Wildman–Crippen LogP) is 2.63. The Morgan fingerprint density at radius 1 is 1.28 bits per heavy atom. The molecule has 154 valence electrons. The molecule has 2 aromatic rings. The van der Waals surface area contributed by atoms with Gasteiger partial charge in [-0.05, 0) is 24.6 Å². The van der Waals surface area contributed by atoms with Gasteiger partial charge in [-0.3, -0.25) is 14.6 Å². The number of carbonyl (C=O) groups excluding carboxylic acids is 2. The van der Waals surface area contributed by atoms with E-state index in [2.05, 4.69) is 11.1 Å². The van der Waals surface area contributed by atoms with Crippen LogP contribution in [0.15, 0.2) is 48.7 Å². The Hall–Kier alpha value is -2.73. The van der Waals surface area contributed by atoms with Crippen LogP contribution in [0.25, 0.3) is 0 Å². The summed E-state index contributed by atoms with van der Waals surface area (Å²) in [7, 11) is 3.43. The quantitative estimate of drug-likeness (QED) is 0.689. The minimum atomic E-state index is -0.394. The Bertz CT molecular complexity index is 840. The van der Waals surface area contributed by atoms with Gasteiger partial charge >= 0.3 is 0 Å². The number of benzene rings is 1. The third-order valence-corrected chi connectivity index (χ3v) is 5.47. The third kappa shape index (κ3) is 5.01. The molecule has 29 heavy (non-hydrogen) atoms. The molecule has 0 spiro atoms. The molecule has 1 aromatic heterocycles. The van der Waals surface area contributed by atoms with Gasteiger partial charge in [0.1, 0.15) is 0 Å². The van der Waals surface area contributed by atoms with Crippen LogP contribution in [-0.4, -0.2) is 60.5 Å². The van der Waals surface area contributed by atoms with Crippen molar-refractivity contribution in [1.29, 1.82) is 0 Å². The van der Waals surface area contributed by atoms with Gasteiger partial charge in [0.05, 0.1) is 18.6 Å². The Labute approximate surface area is 172 Å². The lowest BCUT2D eigenvalue weighted by Gasteiger charge is -2.30. The fraction of sp³-hybridized carbons (Fsp3) is 0.435. The van der Waals surface area contributed by atoms with E-state index in [0.717, 1.165) is 16.8 Å². The van der Waals surface area contributed by atoms with Crippen molar-refractivity contribution in [1.82, 2.24) is 14.8 Å². The van der Waals surface area contributed by atoms with Crippen LogP contribution in [0.4, 0.5) is 0 Å². The van der Waals surface area contributed by atoms with Gasteiger partial charge in [0.15, 0.2) is 0 Å². The highest BCUT2D eigenvalue weighted by Crippen LogP contribution is 2.39. The molecule has 0 unspecified atom stereocenters. The highest BCUT2D eigenvalue weighted by molar-refractivity contribution is 5.90. The number of hydrogen-bond donors (Lipinski definition) is 0. The molecule has 2 amide bonds. The minimum Gasteiger partial charge on any atom is -0.383 e. The maximum atomic E-state index is 13.3. The van der Waals surface area contributed by atoms with E-state index in [-0.39, 0.29) is 24.3 Å². The van der Waals surface area contributed by atoms with Crippen LogP contribution in [0.5, 0.6) is 0 Å². The van der Waals surface area contributed by atoms with Crippen molar-refractivity contribution >= 4 is 11.8 Å². The number of carbonyl (C=O) groups is 2. The van der Waals surface area contributed by atoms with Gasteiger partial charge in [-0.15, -0.1) is 0 Å². The molecule has 1 aliphatic heterocycles. The summed E-state index contributed by atoms with van der Waals surface area (Å²) in [5.41, 5.74) is 3.07. The summed E-state index contributed by atoms with van der Waals surface area (Å²) in [6.07, 6.45) is 2.68. The molecule has 1 aromatic carbocycles. The van der Waals surface area contributed by atoms with Crippen LogP contribution in [0.2, 0.25) is 0 Å². The molecule has 2 atom stereocenters. The number of nitrogens with zero attached hydrogens (tertiary/aromatic N) is 3. The maximum Gasteiger partial charge on any atom is 0.228 e. The molecule has 1 aliphatic rings. The van der Waals surface area contributed by atoms with E-state index in [0.29, 0.717) is 26.1 Å². The second-order valence-electron chi connectivity index (χ2n) is 7.58. The molecule has 0 saturated carbocycles. The van der Waals surface area contributed by atoms with Gasteiger partial charge < -0.3 is 14.5 Å². The fourth-order valence-electron chi connectivity index (χ4n) is 3.95. The van der Waals surface area contributed by atoms with Crippen molar-refractivity contribution in [2.45, 2.75) is 25.8 Å². The Kier molecular flexibility index (Phi) is 6.99. The monoisotopic (exact) mass is 395 g/mol. The highest BCUT2D eigenvalue weighted by atomic mass is 16.5. The number of ether oxygens (including phenoxy) is 1. The number of pyridine rings is 1. The number of methoxy groups -OCH3 is 1. The fourth-order valence-corrected chi connectivity index (χ4v) is 3.95. The zero-order chi connectivity index (χ0) is 20.8.